The van der Waals surface area contributed by atoms with E-state index in [-0.39, 0.29) is 18.8 Å². The molecule has 0 aliphatic rings. The Labute approximate surface area is 138 Å². The summed E-state index contributed by atoms with van der Waals surface area (Å²) >= 11 is 0. The summed E-state index contributed by atoms with van der Waals surface area (Å²) in [6.07, 6.45) is 20.1. The summed E-state index contributed by atoms with van der Waals surface area (Å²) in [7, 11) is 1.63. The Kier molecular flexibility index (Phi) is 16.7. The van der Waals surface area contributed by atoms with Crippen LogP contribution in [0.3, 0.4) is 0 Å². The monoisotopic (exact) mass is 313 g/mol. The van der Waals surface area contributed by atoms with Crippen LogP contribution in [-0.2, 0) is 4.74 Å². The minimum absolute atomic E-state index is 0.0404. The van der Waals surface area contributed by atoms with E-state index < -0.39 is 0 Å². The van der Waals surface area contributed by atoms with E-state index in [0.29, 0.717) is 0 Å². The van der Waals surface area contributed by atoms with Gasteiger partial charge >= 0.3 is 0 Å². The molecule has 0 aromatic carbocycles. The molecule has 2 atom stereocenters. The minimum Gasteiger partial charge on any atom is -0.395 e. The third-order valence-electron chi connectivity index (χ3n) is 4.21. The van der Waals surface area contributed by atoms with Crippen molar-refractivity contribution in [2.75, 3.05) is 13.7 Å². The first kappa shape index (κ1) is 21.6. The van der Waals surface area contributed by atoms with Crippen LogP contribution >= 0.6 is 0 Å². The molecule has 0 bridgehead atoms. The number of rotatable bonds is 16. The molecule has 0 aliphatic heterocycles. The van der Waals surface area contributed by atoms with Gasteiger partial charge in [-0.2, -0.15) is 0 Å². The van der Waals surface area contributed by atoms with E-state index in [1.165, 1.54) is 70.6 Å². The van der Waals surface area contributed by atoms with Crippen LogP contribution in [0.25, 0.3) is 0 Å². The first-order valence-electron chi connectivity index (χ1n) is 9.32. The van der Waals surface area contributed by atoms with Gasteiger partial charge in [-0.15, -0.1) is 0 Å². The molecule has 0 rings (SSSR count). The van der Waals surface area contributed by atoms with Gasteiger partial charge in [-0.3, -0.25) is 0 Å². The lowest BCUT2D eigenvalue weighted by atomic mass is 10.0. The van der Waals surface area contributed by atoms with Crippen LogP contribution in [0.1, 0.15) is 84.0 Å². The van der Waals surface area contributed by atoms with Crippen molar-refractivity contribution in [3.8, 4) is 0 Å². The van der Waals surface area contributed by atoms with Crippen LogP contribution in [0.15, 0.2) is 12.2 Å². The highest BCUT2D eigenvalue weighted by atomic mass is 16.5. The van der Waals surface area contributed by atoms with Crippen LogP contribution in [0, 0.1) is 0 Å². The number of nitrogens with two attached hydrogens (primary N) is 1. The highest BCUT2D eigenvalue weighted by molar-refractivity contribution is 4.94. The van der Waals surface area contributed by atoms with Crippen LogP contribution in [0.5, 0.6) is 0 Å². The van der Waals surface area contributed by atoms with Crippen molar-refractivity contribution in [2.45, 2.75) is 96.1 Å². The number of ether oxygens (including phenoxy) is 1. The van der Waals surface area contributed by atoms with Gasteiger partial charge in [0.2, 0.25) is 0 Å². The summed E-state index contributed by atoms with van der Waals surface area (Å²) in [6, 6.07) is -0.321. The summed E-state index contributed by atoms with van der Waals surface area (Å²) in [4.78, 5) is 0. The van der Waals surface area contributed by atoms with E-state index in [0.717, 1.165) is 6.42 Å². The lowest BCUT2D eigenvalue weighted by Gasteiger charge is -2.16. The van der Waals surface area contributed by atoms with Gasteiger partial charge in [0.25, 0.3) is 0 Å². The lowest BCUT2D eigenvalue weighted by Crippen LogP contribution is -2.37. The van der Waals surface area contributed by atoms with Gasteiger partial charge in [-0.1, -0.05) is 83.3 Å². The molecular weight excluding hydrogens is 274 g/mol. The fourth-order valence-corrected chi connectivity index (χ4v) is 2.66. The van der Waals surface area contributed by atoms with Crippen LogP contribution in [-0.4, -0.2) is 31.0 Å². The molecule has 3 heteroatoms. The van der Waals surface area contributed by atoms with E-state index in [2.05, 4.69) is 13.0 Å². The maximum atomic E-state index is 9.00. The van der Waals surface area contributed by atoms with Crippen molar-refractivity contribution in [3.63, 3.8) is 0 Å². The zero-order valence-electron chi connectivity index (χ0n) is 14.9. The summed E-state index contributed by atoms with van der Waals surface area (Å²) in [5.41, 5.74) is 5.75. The van der Waals surface area contributed by atoms with Crippen LogP contribution in [0.4, 0.5) is 0 Å². The highest BCUT2D eigenvalue weighted by Crippen LogP contribution is 2.12. The maximum Gasteiger partial charge on any atom is 0.0925 e. The molecule has 0 saturated heterocycles. The minimum atomic E-state index is -0.321. The normalized spacial score (nSPS) is 14.5. The predicted octanol–water partition coefficient (Wildman–Crippen LogP) is 4.58. The van der Waals surface area contributed by atoms with Crippen molar-refractivity contribution in [1.29, 1.82) is 0 Å². The third kappa shape index (κ3) is 13.3. The van der Waals surface area contributed by atoms with Crippen LogP contribution < -0.4 is 5.73 Å². The fourth-order valence-electron chi connectivity index (χ4n) is 2.66. The number of allylic oxidation sites excluding steroid dienone is 1. The van der Waals surface area contributed by atoms with Gasteiger partial charge in [0.1, 0.15) is 0 Å². The maximum absolute atomic E-state index is 9.00. The van der Waals surface area contributed by atoms with E-state index in [1.807, 2.05) is 6.08 Å². The number of hydrogen-bond acceptors (Lipinski definition) is 3. The molecule has 0 fully saturated rings. The van der Waals surface area contributed by atoms with E-state index >= 15 is 0 Å². The topological polar surface area (TPSA) is 55.5 Å². The summed E-state index contributed by atoms with van der Waals surface area (Å²) < 4.78 is 5.24. The fraction of sp³-hybridized carbons (Fsp3) is 0.895. The quantitative estimate of drug-likeness (QED) is 0.324. The molecule has 132 valence electrons. The molecule has 0 saturated carbocycles. The van der Waals surface area contributed by atoms with E-state index in [9.17, 15) is 0 Å². The Morgan fingerprint density at radius 3 is 1.86 bits per heavy atom. The SMILES string of the molecule is CCCCCCCCCCCCCC=CC(OC)C(N)CO. The van der Waals surface area contributed by atoms with E-state index in [1.54, 1.807) is 7.11 Å². The van der Waals surface area contributed by atoms with Crippen LogP contribution in [0.2, 0.25) is 0 Å². The summed E-state index contributed by atoms with van der Waals surface area (Å²) in [6.45, 7) is 2.23. The van der Waals surface area contributed by atoms with Crippen molar-refractivity contribution in [3.05, 3.63) is 12.2 Å². The second kappa shape index (κ2) is 17.0. The molecular formula is C19H39NO2. The average Bonchev–Trinajstić information content (AvgIpc) is 2.54. The number of unbranched alkanes of at least 4 members (excludes halogenated alkanes) is 11. The Balaban J connectivity index is 3.32. The second-order valence-electron chi connectivity index (χ2n) is 6.30. The van der Waals surface area contributed by atoms with Crippen molar-refractivity contribution in [1.82, 2.24) is 0 Å². The first-order valence-corrected chi connectivity index (χ1v) is 9.32. The van der Waals surface area contributed by atoms with Gasteiger partial charge in [0.15, 0.2) is 0 Å². The molecule has 0 aromatic heterocycles. The first-order chi connectivity index (χ1) is 10.8. The van der Waals surface area contributed by atoms with Crippen molar-refractivity contribution >= 4 is 0 Å². The number of methoxy groups -OCH3 is 1. The zero-order chi connectivity index (χ0) is 16.5. The van der Waals surface area contributed by atoms with E-state index in [4.69, 9.17) is 15.6 Å². The van der Waals surface area contributed by atoms with Gasteiger partial charge in [-0.05, 0) is 12.8 Å². The standard InChI is InChI=1S/C19H39NO2/c1-3-4-5-6-7-8-9-10-11-12-13-14-15-16-19(22-2)18(20)17-21/h15-16,18-19,21H,3-14,17,20H2,1-2H3. The second-order valence-corrected chi connectivity index (χ2v) is 6.30. The summed E-state index contributed by atoms with van der Waals surface area (Å²) in [5.74, 6) is 0. The Morgan fingerprint density at radius 2 is 1.41 bits per heavy atom. The molecule has 0 aromatic rings. The lowest BCUT2D eigenvalue weighted by molar-refractivity contribution is 0.0927. The number of hydrogen-bond donors (Lipinski definition) is 2. The molecule has 2 unspecified atom stereocenters. The predicted molar refractivity (Wildman–Crippen MR) is 96.1 cm³/mol. The summed E-state index contributed by atoms with van der Waals surface area (Å²) in [5, 5.41) is 9.00. The van der Waals surface area contributed by atoms with Gasteiger partial charge in [-0.25, -0.2) is 0 Å². The molecule has 3 N–H and O–H groups in total. The number of aliphatic hydroxyl groups excluding tert-OH is 1. The Morgan fingerprint density at radius 1 is 0.909 bits per heavy atom. The zero-order valence-corrected chi connectivity index (χ0v) is 14.9. The van der Waals surface area contributed by atoms with Gasteiger partial charge in [0, 0.05) is 7.11 Å². The van der Waals surface area contributed by atoms with Crippen molar-refractivity contribution < 1.29 is 9.84 Å². The molecule has 0 aliphatic carbocycles. The molecule has 0 heterocycles. The molecule has 22 heavy (non-hydrogen) atoms. The average molecular weight is 314 g/mol. The molecule has 0 amide bonds. The van der Waals surface area contributed by atoms with Gasteiger partial charge < -0.3 is 15.6 Å². The third-order valence-corrected chi connectivity index (χ3v) is 4.21. The Hall–Kier alpha value is -0.380. The van der Waals surface area contributed by atoms with Gasteiger partial charge in [0.05, 0.1) is 18.8 Å². The van der Waals surface area contributed by atoms with Crippen molar-refractivity contribution in [2.24, 2.45) is 5.73 Å². The molecule has 3 nitrogen and oxygen atoms in total. The molecule has 0 spiro atoms. The largest absolute Gasteiger partial charge is 0.395 e. The highest BCUT2D eigenvalue weighted by Gasteiger charge is 2.11. The molecule has 0 radical (unpaired) electrons. The smallest absolute Gasteiger partial charge is 0.0925 e. The Bertz CT molecular complexity index is 244. The number of aliphatic hydroxyl groups is 1.